The molecular formula is C63H119NO5. The SMILES string of the molecule is CCCCCCC/C=C\CCCCCCCC(=O)OCCCCCCCCC/C=C\CCCCCCCC(=O)NC(CO)C(O)/C=C/CCCCCCCCCCCCCCCCCCCCCC. The fourth-order valence-electron chi connectivity index (χ4n) is 9.39. The number of ether oxygens (including phenoxy) is 1. The number of hydrogen-bond acceptors (Lipinski definition) is 5. The molecule has 0 aromatic heterocycles. The van der Waals surface area contributed by atoms with Crippen molar-refractivity contribution in [2.75, 3.05) is 13.2 Å². The summed E-state index contributed by atoms with van der Waals surface area (Å²) in [4.78, 5) is 24.5. The molecule has 0 heterocycles. The highest BCUT2D eigenvalue weighted by molar-refractivity contribution is 5.76. The molecule has 0 saturated carbocycles. The molecule has 2 unspecified atom stereocenters. The van der Waals surface area contributed by atoms with Crippen LogP contribution in [0.4, 0.5) is 0 Å². The molecule has 0 fully saturated rings. The first-order valence-electron chi connectivity index (χ1n) is 30.8. The summed E-state index contributed by atoms with van der Waals surface area (Å²) in [6.07, 6.45) is 73.2. The van der Waals surface area contributed by atoms with E-state index < -0.39 is 12.1 Å². The van der Waals surface area contributed by atoms with E-state index in [0.717, 1.165) is 64.2 Å². The third-order valence-electron chi connectivity index (χ3n) is 14.1. The highest BCUT2D eigenvalue weighted by Crippen LogP contribution is 2.17. The largest absolute Gasteiger partial charge is 0.466 e. The third kappa shape index (κ3) is 55.2. The summed E-state index contributed by atoms with van der Waals surface area (Å²) < 4.78 is 5.46. The van der Waals surface area contributed by atoms with E-state index in [2.05, 4.69) is 43.5 Å². The quantitative estimate of drug-likeness (QED) is 0.0321. The van der Waals surface area contributed by atoms with Gasteiger partial charge in [-0.1, -0.05) is 269 Å². The Labute approximate surface area is 430 Å². The molecule has 3 N–H and O–H groups in total. The Bertz CT molecular complexity index is 1120. The standard InChI is InChI=1S/C63H119NO5/c1-3-5-7-9-11-13-15-17-19-20-21-22-23-24-25-28-31-35-39-43-47-51-55-61(66)60(59-65)64-62(67)56-52-48-44-40-36-32-29-26-27-30-34-38-42-46-50-54-58-69-63(68)57-53-49-45-41-37-33-18-16-14-12-10-8-6-4-2/h16,18,26,29,51,55,60-61,65-66H,3-15,17,19-25,27-28,30-50,52-54,56-59H2,1-2H3,(H,64,67)/b18-16-,29-26-,55-51+. The molecule has 406 valence electrons. The minimum absolute atomic E-state index is 0.0122. The van der Waals surface area contributed by atoms with E-state index in [1.165, 1.54) is 238 Å². The van der Waals surface area contributed by atoms with Gasteiger partial charge in [-0.15, -0.1) is 0 Å². The first-order chi connectivity index (χ1) is 34.0. The summed E-state index contributed by atoms with van der Waals surface area (Å²) in [7, 11) is 0. The molecule has 6 heteroatoms. The van der Waals surface area contributed by atoms with Crippen LogP contribution in [-0.4, -0.2) is 47.4 Å². The summed E-state index contributed by atoms with van der Waals surface area (Å²) >= 11 is 0. The van der Waals surface area contributed by atoms with Crippen molar-refractivity contribution in [3.05, 3.63) is 36.5 Å². The number of aliphatic hydroxyl groups is 2. The Hall–Kier alpha value is -1.92. The van der Waals surface area contributed by atoms with Gasteiger partial charge in [0, 0.05) is 12.8 Å². The predicted molar refractivity (Wildman–Crippen MR) is 301 cm³/mol. The second-order valence-electron chi connectivity index (χ2n) is 21.0. The van der Waals surface area contributed by atoms with Crippen molar-refractivity contribution >= 4 is 11.9 Å². The molecule has 0 spiro atoms. The van der Waals surface area contributed by atoms with Crippen molar-refractivity contribution in [2.24, 2.45) is 0 Å². The number of unbranched alkanes of at least 4 members (excludes halogenated alkanes) is 42. The fourth-order valence-corrected chi connectivity index (χ4v) is 9.39. The lowest BCUT2D eigenvalue weighted by atomic mass is 10.0. The molecule has 0 aromatic rings. The predicted octanol–water partition coefficient (Wildman–Crippen LogP) is 19.2. The van der Waals surface area contributed by atoms with Gasteiger partial charge in [-0.05, 0) is 83.5 Å². The normalized spacial score (nSPS) is 12.8. The molecule has 0 aliphatic heterocycles. The Balaban J connectivity index is 3.50. The summed E-state index contributed by atoms with van der Waals surface area (Å²) in [6, 6.07) is -0.642. The second-order valence-corrected chi connectivity index (χ2v) is 21.0. The van der Waals surface area contributed by atoms with Crippen LogP contribution >= 0.6 is 0 Å². The molecule has 0 aromatic carbocycles. The average Bonchev–Trinajstić information content (AvgIpc) is 3.35. The van der Waals surface area contributed by atoms with Crippen LogP contribution in [0.15, 0.2) is 36.5 Å². The van der Waals surface area contributed by atoms with E-state index in [0.29, 0.717) is 19.4 Å². The van der Waals surface area contributed by atoms with Crippen LogP contribution in [0.3, 0.4) is 0 Å². The van der Waals surface area contributed by atoms with Crippen LogP contribution in [0.2, 0.25) is 0 Å². The molecular weight excluding hydrogens is 851 g/mol. The highest BCUT2D eigenvalue weighted by Gasteiger charge is 2.18. The highest BCUT2D eigenvalue weighted by atomic mass is 16.5. The summed E-state index contributed by atoms with van der Waals surface area (Å²) in [5.74, 6) is -0.0951. The smallest absolute Gasteiger partial charge is 0.305 e. The van der Waals surface area contributed by atoms with Crippen LogP contribution in [0.1, 0.15) is 328 Å². The van der Waals surface area contributed by atoms with Crippen molar-refractivity contribution in [1.82, 2.24) is 5.32 Å². The maximum absolute atomic E-state index is 12.5. The molecule has 1 amide bonds. The summed E-state index contributed by atoms with van der Waals surface area (Å²) in [5.41, 5.74) is 0. The van der Waals surface area contributed by atoms with Gasteiger partial charge in [-0.3, -0.25) is 9.59 Å². The number of rotatable bonds is 57. The number of aliphatic hydroxyl groups excluding tert-OH is 2. The average molecular weight is 971 g/mol. The zero-order valence-electron chi connectivity index (χ0n) is 46.3. The van der Waals surface area contributed by atoms with E-state index >= 15 is 0 Å². The van der Waals surface area contributed by atoms with Gasteiger partial charge in [0.25, 0.3) is 0 Å². The van der Waals surface area contributed by atoms with Gasteiger partial charge >= 0.3 is 5.97 Å². The van der Waals surface area contributed by atoms with Crippen LogP contribution in [-0.2, 0) is 14.3 Å². The molecule has 0 radical (unpaired) electrons. The van der Waals surface area contributed by atoms with E-state index in [-0.39, 0.29) is 18.5 Å². The Morgan fingerprint density at radius 3 is 1.03 bits per heavy atom. The number of nitrogens with one attached hydrogen (secondary N) is 1. The molecule has 0 aliphatic rings. The number of carbonyl (C=O) groups excluding carboxylic acids is 2. The van der Waals surface area contributed by atoms with Crippen LogP contribution in [0, 0.1) is 0 Å². The van der Waals surface area contributed by atoms with Crippen LogP contribution in [0.5, 0.6) is 0 Å². The Morgan fingerprint density at radius 2 is 0.681 bits per heavy atom. The zero-order chi connectivity index (χ0) is 50.0. The molecule has 0 rings (SSSR count). The lowest BCUT2D eigenvalue weighted by Gasteiger charge is -2.20. The van der Waals surface area contributed by atoms with E-state index in [4.69, 9.17) is 4.74 Å². The third-order valence-corrected chi connectivity index (χ3v) is 14.1. The lowest BCUT2D eigenvalue weighted by Crippen LogP contribution is -2.45. The van der Waals surface area contributed by atoms with Gasteiger partial charge < -0.3 is 20.3 Å². The first-order valence-corrected chi connectivity index (χ1v) is 30.8. The zero-order valence-corrected chi connectivity index (χ0v) is 46.3. The minimum atomic E-state index is -0.857. The number of allylic oxidation sites excluding steroid dienone is 5. The van der Waals surface area contributed by atoms with Gasteiger partial charge in [0.1, 0.15) is 0 Å². The van der Waals surface area contributed by atoms with Gasteiger partial charge in [-0.25, -0.2) is 0 Å². The number of hydrogen-bond donors (Lipinski definition) is 3. The second kappa shape index (κ2) is 58.6. The minimum Gasteiger partial charge on any atom is -0.466 e. The molecule has 0 aliphatic carbocycles. The fraction of sp³-hybridized carbons (Fsp3) is 0.873. The van der Waals surface area contributed by atoms with Gasteiger partial charge in [0.05, 0.1) is 25.4 Å². The van der Waals surface area contributed by atoms with E-state index in [1.807, 2.05) is 6.08 Å². The van der Waals surface area contributed by atoms with Gasteiger partial charge in [-0.2, -0.15) is 0 Å². The first kappa shape index (κ1) is 67.1. The monoisotopic (exact) mass is 970 g/mol. The topological polar surface area (TPSA) is 95.9 Å². The number of amides is 1. The van der Waals surface area contributed by atoms with Crippen LogP contribution in [0.25, 0.3) is 0 Å². The van der Waals surface area contributed by atoms with Crippen molar-refractivity contribution in [3.8, 4) is 0 Å². The van der Waals surface area contributed by atoms with Crippen molar-refractivity contribution < 1.29 is 24.5 Å². The number of esters is 1. The summed E-state index contributed by atoms with van der Waals surface area (Å²) in [5, 5.41) is 23.2. The Kier molecular flexibility index (Phi) is 57.0. The maximum Gasteiger partial charge on any atom is 0.305 e. The van der Waals surface area contributed by atoms with Gasteiger partial charge in [0.15, 0.2) is 0 Å². The maximum atomic E-state index is 12.5. The van der Waals surface area contributed by atoms with Gasteiger partial charge in [0.2, 0.25) is 5.91 Å². The molecule has 69 heavy (non-hydrogen) atoms. The Morgan fingerprint density at radius 1 is 0.391 bits per heavy atom. The summed E-state index contributed by atoms with van der Waals surface area (Å²) in [6.45, 7) is 4.88. The van der Waals surface area contributed by atoms with Crippen molar-refractivity contribution in [1.29, 1.82) is 0 Å². The van der Waals surface area contributed by atoms with Crippen molar-refractivity contribution in [2.45, 2.75) is 341 Å². The van der Waals surface area contributed by atoms with Crippen LogP contribution < -0.4 is 5.32 Å². The molecule has 2 atom stereocenters. The van der Waals surface area contributed by atoms with E-state index in [9.17, 15) is 19.8 Å². The lowest BCUT2D eigenvalue weighted by molar-refractivity contribution is -0.143. The molecule has 6 nitrogen and oxygen atoms in total. The number of carbonyl (C=O) groups is 2. The molecule has 0 bridgehead atoms. The molecule has 0 saturated heterocycles. The van der Waals surface area contributed by atoms with Crippen molar-refractivity contribution in [3.63, 3.8) is 0 Å². The van der Waals surface area contributed by atoms with E-state index in [1.54, 1.807) is 6.08 Å².